The Hall–Kier alpha value is -1.35. The molecular weight excluding hydrogens is 228 g/mol. The van der Waals surface area contributed by atoms with Gasteiger partial charge < -0.3 is 9.47 Å². The lowest BCUT2D eigenvalue weighted by Gasteiger charge is -2.17. The molecule has 0 aromatic heterocycles. The summed E-state index contributed by atoms with van der Waals surface area (Å²) < 4.78 is 11.2. The van der Waals surface area contributed by atoms with Crippen LogP contribution in [-0.4, -0.2) is 17.9 Å². The van der Waals surface area contributed by atoms with Gasteiger partial charge in [-0.2, -0.15) is 0 Å². The van der Waals surface area contributed by atoms with Crippen molar-refractivity contribution >= 4 is 5.97 Å². The zero-order chi connectivity index (χ0) is 12.8. The van der Waals surface area contributed by atoms with Crippen LogP contribution < -0.4 is 0 Å². The second-order valence-electron chi connectivity index (χ2n) is 5.43. The third-order valence-corrected chi connectivity index (χ3v) is 3.74. The van der Waals surface area contributed by atoms with Gasteiger partial charge >= 0.3 is 5.97 Å². The number of fused-ring (bicyclic) bond motifs is 1. The van der Waals surface area contributed by atoms with Crippen LogP contribution in [0, 0.1) is 13.8 Å². The first-order valence-electron chi connectivity index (χ1n) is 6.58. The van der Waals surface area contributed by atoms with Gasteiger partial charge in [0.1, 0.15) is 6.10 Å². The molecule has 2 aliphatic rings. The summed E-state index contributed by atoms with van der Waals surface area (Å²) in [6.07, 6.45) is 4.25. The van der Waals surface area contributed by atoms with Crippen LogP contribution in [0.5, 0.6) is 0 Å². The monoisotopic (exact) mass is 246 g/mol. The molecule has 3 heteroatoms. The lowest BCUT2D eigenvalue weighted by atomic mass is 9.97. The second-order valence-corrected chi connectivity index (χ2v) is 5.43. The first-order valence-corrected chi connectivity index (χ1v) is 6.58. The molecule has 0 bridgehead atoms. The molecule has 1 saturated carbocycles. The van der Waals surface area contributed by atoms with Crippen molar-refractivity contribution < 1.29 is 14.3 Å². The average Bonchev–Trinajstić information content (AvgIpc) is 3.01. The Bertz CT molecular complexity index is 474. The van der Waals surface area contributed by atoms with E-state index in [2.05, 4.69) is 0 Å². The SMILES string of the molecule is Cc1cc(C)cc(C(=O)O[C@@]23CCCC[C@@H]2O3)c1. The lowest BCUT2D eigenvalue weighted by Crippen LogP contribution is -2.26. The number of rotatable bonds is 2. The normalized spacial score (nSPS) is 29.6. The fraction of sp³-hybridized carbons (Fsp3) is 0.533. The summed E-state index contributed by atoms with van der Waals surface area (Å²) in [4.78, 5) is 12.1. The number of hydrogen-bond donors (Lipinski definition) is 0. The highest BCUT2D eigenvalue weighted by molar-refractivity contribution is 5.90. The highest BCUT2D eigenvalue weighted by Crippen LogP contribution is 2.48. The van der Waals surface area contributed by atoms with E-state index >= 15 is 0 Å². The third kappa shape index (κ3) is 2.03. The molecule has 1 aromatic rings. The first kappa shape index (κ1) is 11.7. The quantitative estimate of drug-likeness (QED) is 0.594. The number of benzene rings is 1. The number of esters is 1. The van der Waals surface area contributed by atoms with E-state index in [-0.39, 0.29) is 12.1 Å². The van der Waals surface area contributed by atoms with Crippen molar-refractivity contribution in [1.29, 1.82) is 0 Å². The van der Waals surface area contributed by atoms with E-state index in [1.54, 1.807) is 0 Å². The molecule has 1 aromatic carbocycles. The molecule has 1 aliphatic carbocycles. The van der Waals surface area contributed by atoms with Gasteiger partial charge in [0, 0.05) is 6.42 Å². The van der Waals surface area contributed by atoms with Gasteiger partial charge in [0.2, 0.25) is 5.79 Å². The molecule has 1 aliphatic heterocycles. The van der Waals surface area contributed by atoms with Crippen LogP contribution in [0.1, 0.15) is 47.2 Å². The van der Waals surface area contributed by atoms with Gasteiger partial charge in [-0.15, -0.1) is 0 Å². The Morgan fingerprint density at radius 1 is 1.28 bits per heavy atom. The molecule has 96 valence electrons. The maximum Gasteiger partial charge on any atom is 0.340 e. The Balaban J connectivity index is 1.75. The van der Waals surface area contributed by atoms with Crippen molar-refractivity contribution in [3.63, 3.8) is 0 Å². The highest BCUT2D eigenvalue weighted by atomic mass is 16.8. The number of ether oxygens (including phenoxy) is 2. The summed E-state index contributed by atoms with van der Waals surface area (Å²) in [5.74, 6) is -0.848. The van der Waals surface area contributed by atoms with Crippen LogP contribution in [0.2, 0.25) is 0 Å². The smallest absolute Gasteiger partial charge is 0.340 e. The van der Waals surface area contributed by atoms with Gasteiger partial charge in [0.25, 0.3) is 0 Å². The molecule has 0 amide bonds. The zero-order valence-corrected chi connectivity index (χ0v) is 10.9. The summed E-state index contributed by atoms with van der Waals surface area (Å²) in [5, 5.41) is 0. The zero-order valence-electron chi connectivity index (χ0n) is 10.9. The topological polar surface area (TPSA) is 38.8 Å². The molecule has 3 rings (SSSR count). The van der Waals surface area contributed by atoms with Gasteiger partial charge in [-0.3, -0.25) is 0 Å². The lowest BCUT2D eigenvalue weighted by molar-refractivity contribution is -0.0245. The Kier molecular flexibility index (Phi) is 2.67. The Morgan fingerprint density at radius 2 is 2.00 bits per heavy atom. The van der Waals surface area contributed by atoms with E-state index in [9.17, 15) is 4.79 Å². The third-order valence-electron chi connectivity index (χ3n) is 3.74. The molecule has 0 N–H and O–H groups in total. The molecule has 2 atom stereocenters. The van der Waals surface area contributed by atoms with Gasteiger partial charge in [-0.1, -0.05) is 23.6 Å². The summed E-state index contributed by atoms with van der Waals surface area (Å²) in [7, 11) is 0. The van der Waals surface area contributed by atoms with E-state index in [1.807, 2.05) is 32.0 Å². The minimum atomic E-state index is -0.590. The van der Waals surface area contributed by atoms with E-state index in [1.165, 1.54) is 6.42 Å². The minimum Gasteiger partial charge on any atom is -0.427 e. The molecule has 0 radical (unpaired) electrons. The van der Waals surface area contributed by atoms with Crippen molar-refractivity contribution in [2.24, 2.45) is 0 Å². The molecule has 1 saturated heterocycles. The predicted octanol–water partition coefficient (Wildman–Crippen LogP) is 3.13. The fourth-order valence-electron chi connectivity index (χ4n) is 2.86. The number of aryl methyl sites for hydroxylation is 2. The van der Waals surface area contributed by atoms with Crippen LogP contribution in [0.15, 0.2) is 18.2 Å². The van der Waals surface area contributed by atoms with Gasteiger partial charge in [0.15, 0.2) is 0 Å². The van der Waals surface area contributed by atoms with Gasteiger partial charge in [0.05, 0.1) is 5.56 Å². The van der Waals surface area contributed by atoms with Crippen molar-refractivity contribution in [2.45, 2.75) is 51.4 Å². The van der Waals surface area contributed by atoms with Crippen molar-refractivity contribution in [3.8, 4) is 0 Å². The summed E-state index contributed by atoms with van der Waals surface area (Å²) >= 11 is 0. The molecule has 0 spiro atoms. The van der Waals surface area contributed by atoms with Crippen molar-refractivity contribution in [3.05, 3.63) is 34.9 Å². The Morgan fingerprint density at radius 3 is 2.67 bits per heavy atom. The van der Waals surface area contributed by atoms with E-state index in [0.29, 0.717) is 5.56 Å². The van der Waals surface area contributed by atoms with Crippen molar-refractivity contribution in [1.82, 2.24) is 0 Å². The van der Waals surface area contributed by atoms with Crippen LogP contribution in [-0.2, 0) is 9.47 Å². The van der Waals surface area contributed by atoms with Gasteiger partial charge in [-0.25, -0.2) is 4.79 Å². The standard InChI is InChI=1S/C15H18O3/c1-10-7-11(2)9-12(8-10)14(16)18-15-6-4-3-5-13(15)17-15/h7-9,13H,3-6H2,1-2H3/t13-,15-/m0/s1. The summed E-state index contributed by atoms with van der Waals surface area (Å²) in [6.45, 7) is 3.97. The maximum absolute atomic E-state index is 12.1. The summed E-state index contributed by atoms with van der Waals surface area (Å²) in [5.41, 5.74) is 2.79. The van der Waals surface area contributed by atoms with Crippen LogP contribution >= 0.6 is 0 Å². The molecule has 2 fully saturated rings. The number of carbonyl (C=O) groups is 1. The second kappa shape index (κ2) is 4.09. The van der Waals surface area contributed by atoms with Crippen LogP contribution in [0.3, 0.4) is 0 Å². The minimum absolute atomic E-state index is 0.140. The maximum atomic E-state index is 12.1. The van der Waals surface area contributed by atoms with Gasteiger partial charge in [-0.05, 0) is 38.8 Å². The first-order chi connectivity index (χ1) is 8.59. The average molecular weight is 246 g/mol. The van der Waals surface area contributed by atoms with Crippen molar-refractivity contribution in [2.75, 3.05) is 0 Å². The van der Waals surface area contributed by atoms with E-state index in [0.717, 1.165) is 30.4 Å². The van der Waals surface area contributed by atoms with Crippen LogP contribution in [0.25, 0.3) is 0 Å². The highest BCUT2D eigenvalue weighted by Gasteiger charge is 2.61. The molecule has 1 heterocycles. The van der Waals surface area contributed by atoms with E-state index < -0.39 is 5.79 Å². The number of hydrogen-bond acceptors (Lipinski definition) is 3. The molecule has 18 heavy (non-hydrogen) atoms. The van der Waals surface area contributed by atoms with Crippen LogP contribution in [0.4, 0.5) is 0 Å². The Labute approximate surface area is 107 Å². The molecule has 3 nitrogen and oxygen atoms in total. The largest absolute Gasteiger partial charge is 0.427 e. The van der Waals surface area contributed by atoms with E-state index in [4.69, 9.17) is 9.47 Å². The summed E-state index contributed by atoms with van der Waals surface area (Å²) in [6, 6.07) is 5.78. The molecule has 0 unspecified atom stereocenters. The fourth-order valence-corrected chi connectivity index (χ4v) is 2.86. The molecular formula is C15H18O3. The predicted molar refractivity (Wildman–Crippen MR) is 67.4 cm³/mol. The number of epoxide rings is 1. The number of carbonyl (C=O) groups excluding carboxylic acids is 1.